The van der Waals surface area contributed by atoms with Crippen LogP contribution in [0.5, 0.6) is 0 Å². The third-order valence-corrected chi connectivity index (χ3v) is 5.18. The van der Waals surface area contributed by atoms with Crippen LogP contribution in [-0.2, 0) is 4.79 Å². The summed E-state index contributed by atoms with van der Waals surface area (Å²) in [6.45, 7) is 3.13. The van der Waals surface area contributed by atoms with Gasteiger partial charge >= 0.3 is 5.97 Å². The summed E-state index contributed by atoms with van der Waals surface area (Å²) in [6, 6.07) is 8.12. The van der Waals surface area contributed by atoms with E-state index in [4.69, 9.17) is 5.73 Å². The van der Waals surface area contributed by atoms with Gasteiger partial charge in [0.2, 0.25) is 0 Å². The Bertz CT molecular complexity index is 624. The minimum atomic E-state index is -1.12. The minimum absolute atomic E-state index is 0.0946. The van der Waals surface area contributed by atoms with Gasteiger partial charge in [-0.05, 0) is 25.5 Å². The van der Waals surface area contributed by atoms with Crippen molar-refractivity contribution in [1.29, 1.82) is 0 Å². The summed E-state index contributed by atoms with van der Waals surface area (Å²) in [7, 11) is 0. The molecule has 106 valence electrons. The van der Waals surface area contributed by atoms with E-state index in [0.717, 1.165) is 15.2 Å². The second-order valence-electron chi connectivity index (χ2n) is 5.38. The molecule has 3 N–H and O–H groups in total. The van der Waals surface area contributed by atoms with Crippen molar-refractivity contribution >= 4 is 27.5 Å². The lowest BCUT2D eigenvalue weighted by atomic mass is 10.0. The van der Waals surface area contributed by atoms with E-state index in [1.807, 2.05) is 18.2 Å². The zero-order chi connectivity index (χ0) is 14.3. The number of hydrogen-bond donors (Lipinski definition) is 2. The molecule has 1 aromatic heterocycles. The average Bonchev–Trinajstić information content (AvgIpc) is 3.02. The predicted octanol–water partition coefficient (Wildman–Crippen LogP) is 1.85. The summed E-state index contributed by atoms with van der Waals surface area (Å²) >= 11 is 1.66. The second kappa shape index (κ2) is 4.80. The number of carboxylic acids is 1. The molecule has 2 unspecified atom stereocenters. The number of hydrogen-bond acceptors (Lipinski definition) is 5. The molecule has 0 radical (unpaired) electrons. The number of nitrogens with two attached hydrogens (primary N) is 1. The van der Waals surface area contributed by atoms with Crippen LogP contribution in [0.1, 0.15) is 24.4 Å². The van der Waals surface area contributed by atoms with Gasteiger partial charge in [0.1, 0.15) is 10.5 Å². The Hall–Kier alpha value is -1.50. The van der Waals surface area contributed by atoms with E-state index < -0.39 is 11.5 Å². The number of aromatic nitrogens is 1. The third-order valence-electron chi connectivity index (χ3n) is 3.97. The van der Waals surface area contributed by atoms with Crippen molar-refractivity contribution in [2.75, 3.05) is 13.1 Å². The van der Waals surface area contributed by atoms with Crippen molar-refractivity contribution in [3.63, 3.8) is 0 Å². The van der Waals surface area contributed by atoms with Crippen LogP contribution in [0.2, 0.25) is 0 Å². The lowest BCUT2D eigenvalue weighted by molar-refractivity contribution is -0.142. The van der Waals surface area contributed by atoms with Crippen molar-refractivity contribution in [3.8, 4) is 0 Å². The number of fused-ring (bicyclic) bond motifs is 1. The molecule has 1 aromatic carbocycles. The molecular formula is C14H17N3O2S. The molecule has 5 nitrogen and oxygen atoms in total. The number of likely N-dealkylation sites (tertiary alicyclic amines) is 1. The van der Waals surface area contributed by atoms with Gasteiger partial charge in [-0.15, -0.1) is 11.3 Å². The molecule has 2 heterocycles. The van der Waals surface area contributed by atoms with E-state index >= 15 is 0 Å². The van der Waals surface area contributed by atoms with Crippen molar-refractivity contribution in [3.05, 3.63) is 29.3 Å². The molecule has 2 aromatic rings. The average molecular weight is 291 g/mol. The topological polar surface area (TPSA) is 79.5 Å². The maximum atomic E-state index is 11.2. The van der Waals surface area contributed by atoms with Crippen LogP contribution >= 0.6 is 11.3 Å². The molecule has 0 aliphatic carbocycles. The zero-order valence-electron chi connectivity index (χ0n) is 11.2. The fourth-order valence-electron chi connectivity index (χ4n) is 2.59. The van der Waals surface area contributed by atoms with Gasteiger partial charge in [-0.1, -0.05) is 12.1 Å². The SMILES string of the molecule is CC(c1nc2ccccc2s1)N1CCC(N)(C(=O)O)C1. The Balaban J connectivity index is 1.83. The Morgan fingerprint density at radius 2 is 2.30 bits per heavy atom. The van der Waals surface area contributed by atoms with Gasteiger partial charge in [0.25, 0.3) is 0 Å². The number of benzene rings is 1. The van der Waals surface area contributed by atoms with Gasteiger partial charge in [-0.2, -0.15) is 0 Å². The van der Waals surface area contributed by atoms with Crippen molar-refractivity contribution in [2.45, 2.75) is 24.9 Å². The predicted molar refractivity (Wildman–Crippen MR) is 78.8 cm³/mol. The quantitative estimate of drug-likeness (QED) is 0.902. The van der Waals surface area contributed by atoms with Crippen LogP contribution in [-0.4, -0.2) is 39.6 Å². The van der Waals surface area contributed by atoms with Gasteiger partial charge in [0.15, 0.2) is 0 Å². The first-order valence-corrected chi connectivity index (χ1v) is 7.43. The summed E-state index contributed by atoms with van der Waals surface area (Å²) in [4.78, 5) is 17.9. The maximum Gasteiger partial charge on any atom is 0.325 e. The number of nitrogens with zero attached hydrogens (tertiary/aromatic N) is 2. The summed E-state index contributed by atoms with van der Waals surface area (Å²) < 4.78 is 1.16. The van der Waals surface area contributed by atoms with E-state index in [9.17, 15) is 9.90 Å². The summed E-state index contributed by atoms with van der Waals surface area (Å²) in [5, 5.41) is 10.2. The summed E-state index contributed by atoms with van der Waals surface area (Å²) in [5.41, 5.74) is 5.80. The normalized spacial score (nSPS) is 25.1. The molecule has 6 heteroatoms. The fourth-order valence-corrected chi connectivity index (χ4v) is 3.65. The van der Waals surface area contributed by atoms with Crippen LogP contribution in [0.3, 0.4) is 0 Å². The van der Waals surface area contributed by atoms with Crippen molar-refractivity contribution in [1.82, 2.24) is 9.88 Å². The molecule has 20 heavy (non-hydrogen) atoms. The van der Waals surface area contributed by atoms with E-state index in [0.29, 0.717) is 19.5 Å². The Morgan fingerprint density at radius 1 is 1.55 bits per heavy atom. The number of aliphatic carboxylic acids is 1. The van der Waals surface area contributed by atoms with E-state index in [1.54, 1.807) is 11.3 Å². The highest BCUT2D eigenvalue weighted by atomic mass is 32.1. The summed E-state index contributed by atoms with van der Waals surface area (Å²) in [6.07, 6.45) is 0.484. The van der Waals surface area contributed by atoms with Crippen LogP contribution in [0.4, 0.5) is 0 Å². The molecule has 1 aliphatic heterocycles. The molecule has 0 saturated carbocycles. The molecule has 1 saturated heterocycles. The second-order valence-corrected chi connectivity index (χ2v) is 6.44. The maximum absolute atomic E-state index is 11.2. The van der Waals surface area contributed by atoms with Gasteiger partial charge < -0.3 is 10.8 Å². The molecule has 1 fully saturated rings. The van der Waals surface area contributed by atoms with Crippen LogP contribution in [0.15, 0.2) is 24.3 Å². The number of carbonyl (C=O) groups is 1. The van der Waals surface area contributed by atoms with Gasteiger partial charge in [0, 0.05) is 13.1 Å². The number of rotatable bonds is 3. The largest absolute Gasteiger partial charge is 0.480 e. The monoisotopic (exact) mass is 291 g/mol. The molecular weight excluding hydrogens is 274 g/mol. The highest BCUT2D eigenvalue weighted by Crippen LogP contribution is 2.33. The number of para-hydroxylation sites is 1. The van der Waals surface area contributed by atoms with Crippen LogP contribution in [0, 0.1) is 0 Å². The minimum Gasteiger partial charge on any atom is -0.480 e. The molecule has 0 spiro atoms. The standard InChI is InChI=1S/C14H17N3O2S/c1-9(17-7-6-14(15,8-17)13(18)19)12-16-10-4-2-3-5-11(10)20-12/h2-5,9H,6-8,15H2,1H3,(H,18,19). The molecule has 1 aliphatic rings. The smallest absolute Gasteiger partial charge is 0.325 e. The lowest BCUT2D eigenvalue weighted by Gasteiger charge is -2.24. The van der Waals surface area contributed by atoms with Crippen molar-refractivity contribution in [2.24, 2.45) is 5.73 Å². The van der Waals surface area contributed by atoms with E-state index in [2.05, 4.69) is 22.9 Å². The van der Waals surface area contributed by atoms with Gasteiger partial charge in [-0.3, -0.25) is 9.69 Å². The van der Waals surface area contributed by atoms with E-state index in [-0.39, 0.29) is 6.04 Å². The Labute approximate surface area is 121 Å². The molecule has 0 bridgehead atoms. The van der Waals surface area contributed by atoms with Crippen LogP contribution < -0.4 is 5.73 Å². The third kappa shape index (κ3) is 2.19. The summed E-state index contributed by atoms with van der Waals surface area (Å²) in [5.74, 6) is -0.920. The number of carboxylic acid groups (broad SMARTS) is 1. The van der Waals surface area contributed by atoms with Crippen LogP contribution in [0.25, 0.3) is 10.2 Å². The first kappa shape index (κ1) is 13.5. The zero-order valence-corrected chi connectivity index (χ0v) is 12.1. The Kier molecular flexibility index (Phi) is 3.24. The van der Waals surface area contributed by atoms with Gasteiger partial charge in [0.05, 0.1) is 16.3 Å². The highest BCUT2D eigenvalue weighted by molar-refractivity contribution is 7.18. The van der Waals surface area contributed by atoms with Crippen molar-refractivity contribution < 1.29 is 9.90 Å². The van der Waals surface area contributed by atoms with Gasteiger partial charge in [-0.25, -0.2) is 4.98 Å². The molecule has 2 atom stereocenters. The Morgan fingerprint density at radius 3 is 2.95 bits per heavy atom. The van der Waals surface area contributed by atoms with E-state index in [1.165, 1.54) is 0 Å². The number of thiazole rings is 1. The fraction of sp³-hybridized carbons (Fsp3) is 0.429. The first-order chi connectivity index (χ1) is 9.49. The highest BCUT2D eigenvalue weighted by Gasteiger charge is 2.43. The lowest BCUT2D eigenvalue weighted by Crippen LogP contribution is -2.50. The molecule has 0 amide bonds. The first-order valence-electron chi connectivity index (χ1n) is 6.61. The molecule has 3 rings (SSSR count).